The Morgan fingerprint density at radius 1 is 1.33 bits per heavy atom. The molecular weight excluding hydrogens is 344 g/mol. The number of amides is 3. The van der Waals surface area contributed by atoms with Gasteiger partial charge in [-0.15, -0.1) is 0 Å². The summed E-state index contributed by atoms with van der Waals surface area (Å²) in [5.74, 6) is -0.789. The molecule has 2 aliphatic rings. The smallest absolute Gasteiger partial charge is 0.255 e. The molecule has 0 aromatic heterocycles. The Balaban J connectivity index is 1.72. The minimum Gasteiger partial charge on any atom is -0.329 e. The van der Waals surface area contributed by atoms with Crippen molar-refractivity contribution in [2.75, 3.05) is 6.54 Å². The van der Waals surface area contributed by atoms with E-state index >= 15 is 0 Å². The average molecular weight is 372 g/mol. The third-order valence-corrected chi connectivity index (χ3v) is 5.45. The molecular formula is C20H28N4O3. The van der Waals surface area contributed by atoms with Crippen LogP contribution in [0.5, 0.6) is 0 Å². The Labute approximate surface area is 159 Å². The Kier molecular flexibility index (Phi) is 6.23. The first-order valence-electron chi connectivity index (χ1n) is 9.74. The lowest BCUT2D eigenvalue weighted by atomic mass is 10.0. The molecule has 146 valence electrons. The van der Waals surface area contributed by atoms with Gasteiger partial charge in [-0.1, -0.05) is 31.9 Å². The Bertz CT molecular complexity index is 734. The molecule has 1 fully saturated rings. The highest BCUT2D eigenvalue weighted by molar-refractivity contribution is 6.05. The number of carbonyl (C=O) groups is 3. The van der Waals surface area contributed by atoms with Crippen LogP contribution in [-0.4, -0.2) is 41.2 Å². The SMILES string of the molecule is CCCCC(CN)NCc1cccc2c1CN(C1CCC(=O)NC1=O)C2=O. The van der Waals surface area contributed by atoms with Gasteiger partial charge in [0.15, 0.2) is 0 Å². The van der Waals surface area contributed by atoms with Crippen LogP contribution in [0.3, 0.4) is 0 Å². The maximum Gasteiger partial charge on any atom is 0.255 e. The van der Waals surface area contributed by atoms with Crippen LogP contribution in [0, 0.1) is 0 Å². The molecule has 2 unspecified atom stereocenters. The molecule has 0 spiro atoms. The molecule has 4 N–H and O–H groups in total. The summed E-state index contributed by atoms with van der Waals surface area (Å²) in [6.45, 7) is 3.79. The Morgan fingerprint density at radius 3 is 2.85 bits per heavy atom. The van der Waals surface area contributed by atoms with Crippen LogP contribution in [-0.2, 0) is 22.7 Å². The summed E-state index contributed by atoms with van der Waals surface area (Å²) >= 11 is 0. The van der Waals surface area contributed by atoms with Crippen molar-refractivity contribution < 1.29 is 14.4 Å². The van der Waals surface area contributed by atoms with Crippen molar-refractivity contribution in [1.82, 2.24) is 15.5 Å². The second kappa shape index (κ2) is 8.63. The maximum absolute atomic E-state index is 12.8. The van der Waals surface area contributed by atoms with Crippen molar-refractivity contribution in [3.05, 3.63) is 34.9 Å². The van der Waals surface area contributed by atoms with Crippen molar-refractivity contribution in [2.24, 2.45) is 5.73 Å². The van der Waals surface area contributed by atoms with Crippen LogP contribution < -0.4 is 16.4 Å². The predicted octanol–water partition coefficient (Wildman–Crippen LogP) is 1.05. The van der Waals surface area contributed by atoms with E-state index in [2.05, 4.69) is 17.6 Å². The zero-order chi connectivity index (χ0) is 19.4. The fraction of sp³-hybridized carbons (Fsp3) is 0.550. The summed E-state index contributed by atoms with van der Waals surface area (Å²) in [5, 5.41) is 5.83. The van der Waals surface area contributed by atoms with Gasteiger partial charge < -0.3 is 16.0 Å². The van der Waals surface area contributed by atoms with E-state index in [1.165, 1.54) is 0 Å². The van der Waals surface area contributed by atoms with E-state index in [0.717, 1.165) is 30.4 Å². The molecule has 3 amide bonds. The fourth-order valence-corrected chi connectivity index (χ4v) is 3.82. The van der Waals surface area contributed by atoms with E-state index in [0.29, 0.717) is 31.6 Å². The van der Waals surface area contributed by atoms with Crippen molar-refractivity contribution in [3.63, 3.8) is 0 Å². The lowest BCUT2D eigenvalue weighted by Gasteiger charge is -2.29. The summed E-state index contributed by atoms with van der Waals surface area (Å²) in [6.07, 6.45) is 3.94. The lowest BCUT2D eigenvalue weighted by molar-refractivity contribution is -0.136. The van der Waals surface area contributed by atoms with Gasteiger partial charge >= 0.3 is 0 Å². The Morgan fingerprint density at radius 2 is 2.15 bits per heavy atom. The number of nitrogens with two attached hydrogens (primary N) is 1. The minimum atomic E-state index is -0.579. The van der Waals surface area contributed by atoms with Gasteiger partial charge in [-0.2, -0.15) is 0 Å². The molecule has 0 saturated carbocycles. The molecule has 2 aliphatic heterocycles. The summed E-state index contributed by atoms with van der Waals surface area (Å²) < 4.78 is 0. The van der Waals surface area contributed by atoms with Crippen molar-refractivity contribution in [1.29, 1.82) is 0 Å². The van der Waals surface area contributed by atoms with Gasteiger partial charge in [0, 0.05) is 37.7 Å². The first-order valence-corrected chi connectivity index (χ1v) is 9.74. The topological polar surface area (TPSA) is 105 Å². The second-order valence-corrected chi connectivity index (χ2v) is 7.30. The number of carbonyl (C=O) groups excluding carboxylic acids is 3. The summed E-state index contributed by atoms with van der Waals surface area (Å²) in [7, 11) is 0. The predicted molar refractivity (Wildman–Crippen MR) is 102 cm³/mol. The number of rotatable bonds is 8. The van der Waals surface area contributed by atoms with Crippen LogP contribution in [0.1, 0.15) is 60.5 Å². The standard InChI is InChI=1S/C20H28N4O3/c1-2-3-6-14(10-21)22-11-13-5-4-7-15-16(13)12-24(20(15)27)17-8-9-18(25)23-19(17)26/h4-5,7,14,17,22H,2-3,6,8-12,21H2,1H3,(H,23,25,26). The largest absolute Gasteiger partial charge is 0.329 e. The molecule has 1 aromatic rings. The zero-order valence-electron chi connectivity index (χ0n) is 15.8. The van der Waals surface area contributed by atoms with Gasteiger partial charge in [-0.3, -0.25) is 19.7 Å². The van der Waals surface area contributed by atoms with E-state index in [1.54, 1.807) is 4.90 Å². The fourth-order valence-electron chi connectivity index (χ4n) is 3.82. The molecule has 0 aliphatic carbocycles. The molecule has 3 rings (SSSR count). The molecule has 1 aromatic carbocycles. The number of unbranched alkanes of at least 4 members (excludes halogenated alkanes) is 1. The number of piperidine rings is 1. The highest BCUT2D eigenvalue weighted by atomic mass is 16.2. The number of nitrogens with zero attached hydrogens (tertiary/aromatic N) is 1. The molecule has 0 bridgehead atoms. The van der Waals surface area contributed by atoms with Crippen LogP contribution >= 0.6 is 0 Å². The maximum atomic E-state index is 12.8. The Hall–Kier alpha value is -2.25. The normalized spacial score (nSPS) is 20.6. The number of hydrogen-bond acceptors (Lipinski definition) is 5. The van der Waals surface area contributed by atoms with Crippen molar-refractivity contribution in [2.45, 2.75) is 64.2 Å². The molecule has 2 atom stereocenters. The molecule has 0 radical (unpaired) electrons. The summed E-state index contributed by atoms with van der Waals surface area (Å²) in [6, 6.07) is 5.38. The van der Waals surface area contributed by atoms with E-state index in [4.69, 9.17) is 5.73 Å². The van der Waals surface area contributed by atoms with Gasteiger partial charge in [-0.25, -0.2) is 0 Å². The van der Waals surface area contributed by atoms with Crippen molar-refractivity contribution in [3.8, 4) is 0 Å². The quantitative estimate of drug-likeness (QED) is 0.592. The number of fused-ring (bicyclic) bond motifs is 1. The monoisotopic (exact) mass is 372 g/mol. The molecule has 7 heteroatoms. The van der Waals surface area contributed by atoms with E-state index < -0.39 is 6.04 Å². The van der Waals surface area contributed by atoms with Crippen LogP contribution in [0.25, 0.3) is 0 Å². The second-order valence-electron chi connectivity index (χ2n) is 7.30. The van der Waals surface area contributed by atoms with Gasteiger partial charge in [0.2, 0.25) is 11.8 Å². The number of imide groups is 1. The number of benzene rings is 1. The van der Waals surface area contributed by atoms with Crippen LogP contribution in [0.2, 0.25) is 0 Å². The number of hydrogen-bond donors (Lipinski definition) is 3. The molecule has 2 heterocycles. The van der Waals surface area contributed by atoms with E-state index in [1.807, 2.05) is 18.2 Å². The third kappa shape index (κ3) is 4.20. The summed E-state index contributed by atoms with van der Waals surface area (Å²) in [4.78, 5) is 38.0. The third-order valence-electron chi connectivity index (χ3n) is 5.45. The van der Waals surface area contributed by atoms with E-state index in [-0.39, 0.29) is 30.2 Å². The lowest BCUT2D eigenvalue weighted by Crippen LogP contribution is -2.52. The zero-order valence-corrected chi connectivity index (χ0v) is 15.8. The van der Waals surface area contributed by atoms with Crippen LogP contribution in [0.4, 0.5) is 0 Å². The average Bonchev–Trinajstić information content (AvgIpc) is 2.99. The first kappa shape index (κ1) is 19.5. The minimum absolute atomic E-state index is 0.136. The van der Waals surface area contributed by atoms with Gasteiger partial charge in [-0.05, 0) is 30.0 Å². The summed E-state index contributed by atoms with van der Waals surface area (Å²) in [5.41, 5.74) is 8.54. The molecule has 27 heavy (non-hydrogen) atoms. The number of nitrogens with one attached hydrogen (secondary N) is 2. The van der Waals surface area contributed by atoms with Crippen LogP contribution in [0.15, 0.2) is 18.2 Å². The van der Waals surface area contributed by atoms with Crippen molar-refractivity contribution >= 4 is 17.7 Å². The van der Waals surface area contributed by atoms with Gasteiger partial charge in [0.25, 0.3) is 5.91 Å². The first-order chi connectivity index (χ1) is 13.0. The highest BCUT2D eigenvalue weighted by Gasteiger charge is 2.39. The highest BCUT2D eigenvalue weighted by Crippen LogP contribution is 2.29. The van der Waals surface area contributed by atoms with Gasteiger partial charge in [0.05, 0.1) is 0 Å². The van der Waals surface area contributed by atoms with E-state index in [9.17, 15) is 14.4 Å². The molecule has 1 saturated heterocycles. The van der Waals surface area contributed by atoms with Gasteiger partial charge in [0.1, 0.15) is 6.04 Å². The molecule has 7 nitrogen and oxygen atoms in total.